The molecule has 33 heavy (non-hydrogen) atoms. The summed E-state index contributed by atoms with van der Waals surface area (Å²) in [6.45, 7) is 4.19. The number of hydrogen-bond donors (Lipinski definition) is 4. The van der Waals surface area contributed by atoms with Gasteiger partial charge in [0.05, 0.1) is 12.6 Å². The summed E-state index contributed by atoms with van der Waals surface area (Å²) >= 11 is 5.96. The maximum Gasteiger partial charge on any atom is 0.269 e. The number of hydrazine groups is 1. The van der Waals surface area contributed by atoms with Crippen molar-refractivity contribution in [3.05, 3.63) is 63.9 Å². The van der Waals surface area contributed by atoms with Crippen molar-refractivity contribution in [1.82, 2.24) is 20.6 Å². The molecule has 1 aromatic carbocycles. The lowest BCUT2D eigenvalue weighted by Gasteiger charge is -2.19. The van der Waals surface area contributed by atoms with E-state index in [1.807, 2.05) is 24.3 Å². The molecule has 1 unspecified atom stereocenters. The molecule has 0 radical (unpaired) electrons. The molecule has 2 amide bonds. The number of nitrogens with two attached hydrogens (primary N) is 1. The summed E-state index contributed by atoms with van der Waals surface area (Å²) in [6, 6.07) is 10.6. The summed E-state index contributed by atoms with van der Waals surface area (Å²) in [5.74, 6) is 5.00. The van der Waals surface area contributed by atoms with Gasteiger partial charge in [-0.05, 0) is 36.6 Å². The van der Waals surface area contributed by atoms with Crippen molar-refractivity contribution in [2.45, 2.75) is 26.3 Å². The lowest BCUT2D eigenvalue weighted by Crippen LogP contribution is -2.46. The molecule has 0 aliphatic rings. The molecule has 5 N–H and O–H groups in total. The van der Waals surface area contributed by atoms with E-state index >= 15 is 0 Å². The molecule has 1 aromatic heterocycles. The Balaban J connectivity index is 1.84. The number of aromatic nitrogens is 1. The summed E-state index contributed by atoms with van der Waals surface area (Å²) in [5.41, 5.74) is 2.72. The highest BCUT2D eigenvalue weighted by atomic mass is 35.5. The first-order valence-corrected chi connectivity index (χ1v) is 10.9. The third-order valence-corrected chi connectivity index (χ3v) is 5.02. The number of carbonyl (C=O) groups is 2. The monoisotopic (exact) mass is 471 g/mol. The lowest BCUT2D eigenvalue weighted by atomic mass is 10.0. The van der Waals surface area contributed by atoms with Gasteiger partial charge in [0.15, 0.2) is 0 Å². The van der Waals surface area contributed by atoms with E-state index in [2.05, 4.69) is 27.5 Å². The number of nitrogens with one attached hydrogen (secondary N) is 3. The largest absolute Gasteiger partial charge is 0.349 e. The molecule has 10 heteroatoms. The van der Waals surface area contributed by atoms with Crippen LogP contribution >= 0.6 is 11.6 Å². The molecule has 0 saturated heterocycles. The van der Waals surface area contributed by atoms with Crippen LogP contribution in [-0.2, 0) is 11.2 Å². The molecule has 9 nitrogen and oxygen atoms in total. The Bertz CT molecular complexity index is 988. The number of benzene rings is 1. The van der Waals surface area contributed by atoms with Gasteiger partial charge in [0.1, 0.15) is 11.4 Å². The zero-order chi connectivity index (χ0) is 24.4. The molecule has 1 atom stereocenters. The van der Waals surface area contributed by atoms with Crippen molar-refractivity contribution in [1.29, 1.82) is 5.41 Å². The fourth-order valence-electron chi connectivity index (χ4n) is 3.05. The van der Waals surface area contributed by atoms with E-state index < -0.39 is 11.9 Å². The zero-order valence-corrected chi connectivity index (χ0v) is 19.8. The minimum Gasteiger partial charge on any atom is -0.349 e. The van der Waals surface area contributed by atoms with Crippen molar-refractivity contribution in [3.8, 4) is 0 Å². The quantitative estimate of drug-likeness (QED) is 0.226. The minimum atomic E-state index is -0.544. The predicted molar refractivity (Wildman–Crippen MR) is 131 cm³/mol. The van der Waals surface area contributed by atoms with E-state index in [-0.39, 0.29) is 36.9 Å². The molecule has 2 rings (SSSR count). The first-order chi connectivity index (χ1) is 15.7. The second kappa shape index (κ2) is 12.8. The van der Waals surface area contributed by atoms with Crippen LogP contribution in [0.1, 0.15) is 40.3 Å². The minimum absolute atomic E-state index is 0.0824. The second-order valence-electron chi connectivity index (χ2n) is 7.47. The highest BCUT2D eigenvalue weighted by Crippen LogP contribution is 2.13. The summed E-state index contributed by atoms with van der Waals surface area (Å²) in [6.07, 6.45) is 2.54. The lowest BCUT2D eigenvalue weighted by molar-refractivity contribution is -0.115. The van der Waals surface area contributed by atoms with Crippen LogP contribution in [0.25, 0.3) is 0 Å². The van der Waals surface area contributed by atoms with Gasteiger partial charge in [-0.25, -0.2) is 9.99 Å². The summed E-state index contributed by atoms with van der Waals surface area (Å²) in [4.78, 5) is 32.9. The molecule has 0 aliphatic heterocycles. The van der Waals surface area contributed by atoms with Crippen molar-refractivity contribution in [2.24, 2.45) is 10.8 Å². The van der Waals surface area contributed by atoms with Gasteiger partial charge in [-0.2, -0.15) is 0 Å². The number of aliphatic imine (C=N–C) groups is 1. The maximum atomic E-state index is 12.5. The molecular weight excluding hydrogens is 442 g/mol. The van der Waals surface area contributed by atoms with Crippen molar-refractivity contribution >= 4 is 35.3 Å². The van der Waals surface area contributed by atoms with Crippen LogP contribution in [-0.4, -0.2) is 60.4 Å². The van der Waals surface area contributed by atoms with E-state index in [0.717, 1.165) is 12.0 Å². The third-order valence-electron chi connectivity index (χ3n) is 4.80. The summed E-state index contributed by atoms with van der Waals surface area (Å²) in [7, 11) is 1.63. The van der Waals surface area contributed by atoms with Crippen LogP contribution in [0.3, 0.4) is 0 Å². The van der Waals surface area contributed by atoms with Gasteiger partial charge in [0.2, 0.25) is 0 Å². The van der Waals surface area contributed by atoms with E-state index in [1.165, 1.54) is 16.6 Å². The van der Waals surface area contributed by atoms with E-state index in [4.69, 9.17) is 22.9 Å². The second-order valence-corrected chi connectivity index (χ2v) is 7.91. The van der Waals surface area contributed by atoms with Crippen molar-refractivity contribution < 1.29 is 9.59 Å². The fourth-order valence-corrected chi connectivity index (χ4v) is 3.31. The Morgan fingerprint density at radius 1 is 1.30 bits per heavy atom. The van der Waals surface area contributed by atoms with E-state index in [0.29, 0.717) is 10.7 Å². The molecule has 0 saturated carbocycles. The van der Waals surface area contributed by atoms with Crippen LogP contribution in [0.2, 0.25) is 5.02 Å². The Kier molecular flexibility index (Phi) is 10.1. The number of rotatable bonds is 11. The number of aryl methyl sites for hydroxylation is 2. The van der Waals surface area contributed by atoms with Crippen molar-refractivity contribution in [3.63, 3.8) is 0 Å². The highest BCUT2D eigenvalue weighted by molar-refractivity contribution is 6.38. The average molecular weight is 472 g/mol. The van der Waals surface area contributed by atoms with Gasteiger partial charge in [0, 0.05) is 37.1 Å². The molecule has 1 heterocycles. The number of nitrogens with zero attached hydrogens (tertiary/aromatic N) is 3. The first-order valence-electron chi connectivity index (χ1n) is 10.5. The zero-order valence-electron chi connectivity index (χ0n) is 19.1. The van der Waals surface area contributed by atoms with Crippen molar-refractivity contribution in [2.75, 3.05) is 26.7 Å². The van der Waals surface area contributed by atoms with Crippen LogP contribution < -0.4 is 16.5 Å². The van der Waals surface area contributed by atoms with Crippen LogP contribution in [0, 0.1) is 12.3 Å². The third kappa shape index (κ3) is 8.38. The van der Waals surface area contributed by atoms with Gasteiger partial charge >= 0.3 is 0 Å². The number of halogens is 1. The predicted octanol–water partition coefficient (Wildman–Crippen LogP) is 2.09. The van der Waals surface area contributed by atoms with Crippen LogP contribution in [0.5, 0.6) is 0 Å². The summed E-state index contributed by atoms with van der Waals surface area (Å²) < 4.78 is 0. The maximum absolute atomic E-state index is 12.5. The molecule has 0 spiro atoms. The first kappa shape index (κ1) is 26.1. The molecular formula is C23H30ClN7O2. The Hall–Kier alpha value is -3.14. The van der Waals surface area contributed by atoms with Gasteiger partial charge in [-0.15, -0.1) is 0 Å². The number of amides is 2. The highest BCUT2D eigenvalue weighted by Gasteiger charge is 2.18. The summed E-state index contributed by atoms with van der Waals surface area (Å²) in [5, 5.41) is 15.3. The average Bonchev–Trinajstić information content (AvgIpc) is 2.78. The topological polar surface area (TPSA) is 137 Å². The molecule has 0 aliphatic carbocycles. The van der Waals surface area contributed by atoms with E-state index in [1.54, 1.807) is 26.3 Å². The van der Waals surface area contributed by atoms with Gasteiger partial charge in [-0.3, -0.25) is 25.8 Å². The number of hydrogen-bond acceptors (Lipinski definition) is 7. The SMILES string of the molecule is CCc1ccc(C(C=NC)NC(=O)C(=N)CN(N)CCNC(=O)c2cc(Cl)cc(C)n2)cc1. The Labute approximate surface area is 198 Å². The fraction of sp³-hybridized carbons (Fsp3) is 0.348. The van der Waals surface area contributed by atoms with Gasteiger partial charge < -0.3 is 10.6 Å². The Morgan fingerprint density at radius 3 is 2.61 bits per heavy atom. The van der Waals surface area contributed by atoms with Crippen LogP contribution in [0.15, 0.2) is 41.4 Å². The number of pyridine rings is 1. The molecule has 0 fully saturated rings. The number of carbonyl (C=O) groups excluding carboxylic acids is 2. The normalized spacial score (nSPS) is 12.1. The molecule has 0 bridgehead atoms. The van der Waals surface area contributed by atoms with Gasteiger partial charge in [-0.1, -0.05) is 42.8 Å². The Morgan fingerprint density at radius 2 is 2.00 bits per heavy atom. The standard InChI is InChI=1S/C23H30ClN7O2/c1-4-16-5-7-17(8-6-16)21(13-27-3)30-22(32)19(25)14-31(26)10-9-28-23(33)20-12-18(24)11-15(2)29-20/h5-8,11-13,21,25H,4,9-10,14,26H2,1-3H3,(H,28,33)(H,30,32). The molecule has 2 aromatic rings. The van der Waals surface area contributed by atoms with Crippen LogP contribution in [0.4, 0.5) is 0 Å². The molecule has 176 valence electrons. The van der Waals surface area contributed by atoms with Gasteiger partial charge in [0.25, 0.3) is 11.8 Å². The smallest absolute Gasteiger partial charge is 0.269 e. The van der Waals surface area contributed by atoms with E-state index in [9.17, 15) is 9.59 Å².